The molecule has 5 atom stereocenters. The molecule has 1 rings (SSSR count). The number of nitrogens with one attached hydrogen (secondary N) is 3. The highest BCUT2D eigenvalue weighted by molar-refractivity contribution is 5.96. The smallest absolute Gasteiger partial charge is 0.326 e. The molecule has 5 unspecified atom stereocenters. The van der Waals surface area contributed by atoms with Crippen molar-refractivity contribution in [2.45, 2.75) is 70.1 Å². The van der Waals surface area contributed by atoms with Crippen LogP contribution >= 0.6 is 0 Å². The second-order valence-corrected chi connectivity index (χ2v) is 8.73. The van der Waals surface area contributed by atoms with Crippen LogP contribution in [-0.4, -0.2) is 69.9 Å². The number of rotatable bonds is 16. The molecule has 0 aromatic heterocycles. The Morgan fingerprint density at radius 2 is 1.41 bits per heavy atom. The third-order valence-electron chi connectivity index (χ3n) is 5.78. The maximum atomic E-state index is 12.9. The highest BCUT2D eigenvalue weighted by Crippen LogP contribution is 2.08. The molecular weight excluding hydrogens is 486 g/mol. The fourth-order valence-corrected chi connectivity index (χ4v) is 3.32. The van der Waals surface area contributed by atoms with Crippen LogP contribution in [0.3, 0.4) is 0 Å². The van der Waals surface area contributed by atoms with E-state index in [-0.39, 0.29) is 18.8 Å². The van der Waals surface area contributed by atoms with Gasteiger partial charge in [-0.15, -0.1) is 0 Å². The van der Waals surface area contributed by atoms with E-state index in [1.54, 1.807) is 37.3 Å². The Kier molecular flexibility index (Phi) is 12.7. The van der Waals surface area contributed by atoms with E-state index in [1.165, 1.54) is 0 Å². The largest absolute Gasteiger partial charge is 0.481 e. The number of primary amides is 1. The Balaban J connectivity index is 3.06. The molecule has 204 valence electrons. The number of hydrogen-bond donors (Lipinski definition) is 7. The summed E-state index contributed by atoms with van der Waals surface area (Å²) in [7, 11) is 0. The van der Waals surface area contributed by atoms with Gasteiger partial charge in [0.2, 0.25) is 23.6 Å². The Bertz CT molecular complexity index is 971. The molecular formula is C24H35N5O8. The van der Waals surface area contributed by atoms with Crippen molar-refractivity contribution in [3.05, 3.63) is 35.9 Å². The van der Waals surface area contributed by atoms with Crippen molar-refractivity contribution < 1.29 is 39.0 Å². The monoisotopic (exact) mass is 521 g/mol. The summed E-state index contributed by atoms with van der Waals surface area (Å²) >= 11 is 0. The van der Waals surface area contributed by atoms with Gasteiger partial charge in [-0.2, -0.15) is 0 Å². The fraction of sp³-hybridized carbons (Fsp3) is 0.500. The van der Waals surface area contributed by atoms with E-state index < -0.39 is 72.6 Å². The first kappa shape index (κ1) is 31.0. The summed E-state index contributed by atoms with van der Waals surface area (Å²) in [5, 5.41) is 25.6. The van der Waals surface area contributed by atoms with Gasteiger partial charge in [0.25, 0.3) is 0 Å². The lowest BCUT2D eigenvalue weighted by Crippen LogP contribution is -2.58. The Hall–Kier alpha value is -4.00. The number of benzene rings is 1. The number of aliphatic carboxylic acids is 2. The van der Waals surface area contributed by atoms with Gasteiger partial charge in [0.15, 0.2) is 0 Å². The lowest BCUT2D eigenvalue weighted by Gasteiger charge is -2.25. The quantitative estimate of drug-likeness (QED) is 0.139. The first-order valence-electron chi connectivity index (χ1n) is 11.8. The number of carboxylic acid groups (broad SMARTS) is 2. The second kappa shape index (κ2) is 15.2. The van der Waals surface area contributed by atoms with Gasteiger partial charge in [0.1, 0.15) is 18.1 Å². The van der Waals surface area contributed by atoms with Crippen LogP contribution in [0.5, 0.6) is 0 Å². The topological polar surface area (TPSA) is 231 Å². The zero-order valence-corrected chi connectivity index (χ0v) is 20.8. The van der Waals surface area contributed by atoms with Gasteiger partial charge in [-0.3, -0.25) is 24.0 Å². The number of carbonyl (C=O) groups is 6. The van der Waals surface area contributed by atoms with Gasteiger partial charge in [-0.1, -0.05) is 50.6 Å². The van der Waals surface area contributed by atoms with E-state index in [4.69, 9.17) is 16.6 Å². The second-order valence-electron chi connectivity index (χ2n) is 8.73. The molecule has 0 saturated carbocycles. The summed E-state index contributed by atoms with van der Waals surface area (Å²) in [6.45, 7) is 3.55. The maximum Gasteiger partial charge on any atom is 0.326 e. The molecule has 0 saturated heterocycles. The summed E-state index contributed by atoms with van der Waals surface area (Å²) in [5.41, 5.74) is 11.7. The van der Waals surface area contributed by atoms with Crippen molar-refractivity contribution in [2.24, 2.45) is 17.4 Å². The van der Waals surface area contributed by atoms with E-state index in [1.807, 2.05) is 6.92 Å². The lowest BCUT2D eigenvalue weighted by atomic mass is 9.99. The summed E-state index contributed by atoms with van der Waals surface area (Å²) in [6, 6.07) is 3.18. The first-order chi connectivity index (χ1) is 17.3. The van der Waals surface area contributed by atoms with Crippen LogP contribution in [0.4, 0.5) is 0 Å². The number of amides is 4. The molecule has 37 heavy (non-hydrogen) atoms. The predicted octanol–water partition coefficient (Wildman–Crippen LogP) is -1.12. The lowest BCUT2D eigenvalue weighted by molar-refractivity contribution is -0.143. The van der Waals surface area contributed by atoms with Crippen molar-refractivity contribution in [2.75, 3.05) is 0 Å². The zero-order valence-electron chi connectivity index (χ0n) is 20.8. The minimum absolute atomic E-state index is 0.0601. The molecule has 13 nitrogen and oxygen atoms in total. The Morgan fingerprint density at radius 3 is 1.92 bits per heavy atom. The van der Waals surface area contributed by atoms with Gasteiger partial charge in [-0.05, 0) is 17.9 Å². The molecule has 0 radical (unpaired) electrons. The van der Waals surface area contributed by atoms with Gasteiger partial charge >= 0.3 is 11.9 Å². The average molecular weight is 522 g/mol. The molecule has 4 amide bonds. The summed E-state index contributed by atoms with van der Waals surface area (Å²) in [5.74, 6) is -6.38. The molecule has 0 aliphatic carbocycles. The van der Waals surface area contributed by atoms with Gasteiger partial charge in [0.05, 0.1) is 12.5 Å². The van der Waals surface area contributed by atoms with Gasteiger partial charge in [0, 0.05) is 12.8 Å². The first-order valence-corrected chi connectivity index (χ1v) is 11.8. The van der Waals surface area contributed by atoms with Gasteiger partial charge in [-0.25, -0.2) is 4.79 Å². The number of carboxylic acids is 2. The normalized spacial score (nSPS) is 14.8. The highest BCUT2D eigenvalue weighted by Gasteiger charge is 2.32. The van der Waals surface area contributed by atoms with Crippen LogP contribution in [-0.2, 0) is 35.2 Å². The molecule has 0 aliphatic heterocycles. The van der Waals surface area contributed by atoms with Crippen molar-refractivity contribution in [3.8, 4) is 0 Å². The Labute approximate surface area is 214 Å². The number of carbonyl (C=O) groups excluding carboxylic acids is 4. The van der Waals surface area contributed by atoms with Crippen LogP contribution in [0.1, 0.15) is 45.1 Å². The molecule has 1 aromatic rings. The van der Waals surface area contributed by atoms with E-state index in [9.17, 15) is 33.9 Å². The van der Waals surface area contributed by atoms with Crippen LogP contribution in [0.25, 0.3) is 0 Å². The van der Waals surface area contributed by atoms with Crippen LogP contribution in [0.2, 0.25) is 0 Å². The SMILES string of the molecule is CCC(C)C(N)C(=O)NC(CC(N)=O)C(=O)NC(CCC(=O)O)C(=O)NC(Cc1ccccc1)C(=O)O. The molecule has 0 fully saturated rings. The summed E-state index contributed by atoms with van der Waals surface area (Å²) in [4.78, 5) is 72.7. The Morgan fingerprint density at radius 1 is 0.865 bits per heavy atom. The number of hydrogen-bond acceptors (Lipinski definition) is 7. The van der Waals surface area contributed by atoms with Gasteiger partial charge < -0.3 is 37.6 Å². The molecule has 13 heteroatoms. The standard InChI is InChI=1S/C24H35N5O8/c1-3-13(2)20(26)23(35)28-16(12-18(25)30)22(34)27-15(9-10-19(31)32)21(33)29-17(24(36)37)11-14-7-5-4-6-8-14/h4-8,13,15-17,20H,3,9-12,26H2,1-2H3,(H2,25,30)(H,27,34)(H,28,35)(H,29,33)(H,31,32)(H,36,37). The molecule has 0 bridgehead atoms. The van der Waals surface area contributed by atoms with Crippen molar-refractivity contribution in [3.63, 3.8) is 0 Å². The van der Waals surface area contributed by atoms with Crippen LogP contribution in [0, 0.1) is 5.92 Å². The predicted molar refractivity (Wildman–Crippen MR) is 132 cm³/mol. The van der Waals surface area contributed by atoms with Crippen LogP contribution < -0.4 is 27.4 Å². The van der Waals surface area contributed by atoms with E-state index >= 15 is 0 Å². The average Bonchev–Trinajstić information content (AvgIpc) is 2.84. The van der Waals surface area contributed by atoms with Crippen molar-refractivity contribution in [1.29, 1.82) is 0 Å². The zero-order chi connectivity index (χ0) is 28.1. The minimum Gasteiger partial charge on any atom is -0.481 e. The third kappa shape index (κ3) is 11.1. The molecule has 0 heterocycles. The maximum absolute atomic E-state index is 12.9. The third-order valence-corrected chi connectivity index (χ3v) is 5.78. The number of nitrogens with two attached hydrogens (primary N) is 2. The molecule has 1 aromatic carbocycles. The minimum atomic E-state index is -1.49. The van der Waals surface area contributed by atoms with E-state index in [0.29, 0.717) is 12.0 Å². The highest BCUT2D eigenvalue weighted by atomic mass is 16.4. The molecule has 0 aliphatic rings. The van der Waals surface area contributed by atoms with E-state index in [2.05, 4.69) is 16.0 Å². The summed E-state index contributed by atoms with van der Waals surface area (Å²) < 4.78 is 0. The summed E-state index contributed by atoms with van der Waals surface area (Å²) in [6.07, 6.45) is -1.000. The van der Waals surface area contributed by atoms with E-state index in [0.717, 1.165) is 0 Å². The fourth-order valence-electron chi connectivity index (χ4n) is 3.32. The van der Waals surface area contributed by atoms with Crippen molar-refractivity contribution >= 4 is 35.6 Å². The van der Waals surface area contributed by atoms with Crippen molar-refractivity contribution in [1.82, 2.24) is 16.0 Å². The molecule has 9 N–H and O–H groups in total. The van der Waals surface area contributed by atoms with Crippen LogP contribution in [0.15, 0.2) is 30.3 Å². The molecule has 0 spiro atoms.